The zero-order valence-corrected chi connectivity index (χ0v) is 21.4. The van der Waals surface area contributed by atoms with Crippen LogP contribution in [0.5, 0.6) is 0 Å². The number of nitrogens with zero attached hydrogens (tertiary/aromatic N) is 1. The van der Waals surface area contributed by atoms with Crippen LogP contribution in [0.25, 0.3) is 5.57 Å². The molecule has 0 saturated carbocycles. The molecule has 0 aromatic heterocycles. The van der Waals surface area contributed by atoms with Crippen LogP contribution >= 0.6 is 0 Å². The number of rotatable bonds is 12. The Morgan fingerprint density at radius 3 is 2.43 bits per heavy atom. The van der Waals surface area contributed by atoms with Crippen molar-refractivity contribution in [3.05, 3.63) is 70.4 Å². The quantitative estimate of drug-likeness (QED) is 0.285. The number of allylic oxidation sites excluding steroid dienone is 1. The molecule has 1 aliphatic heterocycles. The highest BCUT2D eigenvalue weighted by Crippen LogP contribution is 2.34. The maximum Gasteiger partial charge on any atom is 0.208 e. The van der Waals surface area contributed by atoms with Crippen LogP contribution in [0.15, 0.2) is 53.2 Å². The average Bonchev–Trinajstić information content (AvgIpc) is 2.82. The van der Waals surface area contributed by atoms with Crippen molar-refractivity contribution in [2.75, 3.05) is 19.3 Å². The van der Waals surface area contributed by atoms with E-state index in [1.807, 2.05) is 30.3 Å². The minimum absolute atomic E-state index is 0.211. The maximum atomic E-state index is 11.3. The van der Waals surface area contributed by atoms with Crippen molar-refractivity contribution in [3.63, 3.8) is 0 Å². The van der Waals surface area contributed by atoms with E-state index in [1.165, 1.54) is 0 Å². The van der Waals surface area contributed by atoms with Gasteiger partial charge in [-0.15, -0.1) is 0 Å². The summed E-state index contributed by atoms with van der Waals surface area (Å²) in [5, 5.41) is 11.0. The first-order valence-electron chi connectivity index (χ1n) is 12.1. The number of hydrogen-bond acceptors (Lipinski definition) is 6. The zero-order chi connectivity index (χ0) is 25.4. The first kappa shape index (κ1) is 26.7. The Labute approximate surface area is 208 Å². The third-order valence-corrected chi connectivity index (χ3v) is 6.74. The summed E-state index contributed by atoms with van der Waals surface area (Å²) in [6.45, 7) is 3.99. The standard InChI is InChI=1S/C26H36N6O2S/c1-3-4-13-30-23(16-19-7-9-20(17-27)10-8-19)24-21-12-11-18(6-5-14-31-35(2,33)34)15-22(21)32-26(29)25(24)28/h7-12,15,28,30-31H,3-6,13-14,16-17,27H2,1-2H3,(H2,29,32)/p+1/b24-23-,28-25?. The van der Waals surface area contributed by atoms with Gasteiger partial charge in [-0.1, -0.05) is 49.7 Å². The number of aryl methyl sites for hydroxylation is 1. The van der Waals surface area contributed by atoms with E-state index >= 15 is 0 Å². The highest BCUT2D eigenvalue weighted by Gasteiger charge is 2.27. The first-order valence-corrected chi connectivity index (χ1v) is 14.0. The second-order valence-corrected chi connectivity index (χ2v) is 10.8. The van der Waals surface area contributed by atoms with Crippen LogP contribution in [-0.2, 0) is 29.4 Å². The molecule has 1 aliphatic rings. The molecule has 0 spiro atoms. The predicted molar refractivity (Wildman–Crippen MR) is 143 cm³/mol. The molecule has 0 radical (unpaired) electrons. The van der Waals surface area contributed by atoms with E-state index in [1.54, 1.807) is 0 Å². The van der Waals surface area contributed by atoms with Crippen molar-refractivity contribution in [1.82, 2.24) is 4.72 Å². The molecule has 35 heavy (non-hydrogen) atoms. The molecular weight excluding hydrogens is 460 g/mol. The monoisotopic (exact) mass is 497 g/mol. The third-order valence-electron chi connectivity index (χ3n) is 6.01. The number of quaternary nitrogens is 1. The number of sulfonamides is 1. The molecule has 0 amide bonds. The van der Waals surface area contributed by atoms with Gasteiger partial charge >= 0.3 is 0 Å². The molecule has 9 heteroatoms. The Hall–Kier alpha value is -2.85. The van der Waals surface area contributed by atoms with Crippen molar-refractivity contribution in [1.29, 1.82) is 5.41 Å². The molecule has 0 saturated heterocycles. The summed E-state index contributed by atoms with van der Waals surface area (Å²) in [6.07, 6.45) is 5.42. The van der Waals surface area contributed by atoms with Gasteiger partial charge in [0, 0.05) is 25.1 Å². The Kier molecular flexibility index (Phi) is 9.33. The van der Waals surface area contributed by atoms with Crippen LogP contribution in [0.2, 0.25) is 0 Å². The lowest BCUT2D eigenvalue weighted by molar-refractivity contribution is -0.607. The molecule has 8 nitrogen and oxygen atoms in total. The van der Waals surface area contributed by atoms with E-state index in [2.05, 4.69) is 34.1 Å². The Morgan fingerprint density at radius 2 is 1.77 bits per heavy atom. The molecule has 0 bridgehead atoms. The Bertz CT molecular complexity index is 1220. The fourth-order valence-electron chi connectivity index (χ4n) is 4.12. The fourth-order valence-corrected chi connectivity index (χ4v) is 4.64. The number of fused-ring (bicyclic) bond motifs is 1. The molecule has 188 valence electrons. The summed E-state index contributed by atoms with van der Waals surface area (Å²) in [5.74, 6) is 0.211. The normalized spacial score (nSPS) is 15.1. The summed E-state index contributed by atoms with van der Waals surface area (Å²) in [6, 6.07) is 14.3. The topological polar surface area (TPSA) is 151 Å². The predicted octanol–water partition coefficient (Wildman–Crippen LogP) is 1.97. The van der Waals surface area contributed by atoms with Crippen molar-refractivity contribution in [2.24, 2.45) is 16.5 Å². The van der Waals surface area contributed by atoms with E-state index in [0.29, 0.717) is 32.4 Å². The second-order valence-electron chi connectivity index (χ2n) is 8.94. The highest BCUT2D eigenvalue weighted by molar-refractivity contribution is 7.88. The van der Waals surface area contributed by atoms with Crippen LogP contribution in [-0.4, -0.2) is 39.3 Å². The van der Waals surface area contributed by atoms with E-state index in [4.69, 9.17) is 16.9 Å². The van der Waals surface area contributed by atoms with Crippen LogP contribution in [0.3, 0.4) is 0 Å². The van der Waals surface area contributed by atoms with Gasteiger partial charge in [-0.25, -0.2) is 18.1 Å². The van der Waals surface area contributed by atoms with Crippen molar-refractivity contribution in [3.8, 4) is 0 Å². The molecule has 0 unspecified atom stereocenters. The van der Waals surface area contributed by atoms with Crippen molar-refractivity contribution < 1.29 is 13.7 Å². The largest absolute Gasteiger partial charge is 0.382 e. The maximum absolute atomic E-state index is 11.3. The minimum Gasteiger partial charge on any atom is -0.382 e. The lowest BCUT2D eigenvalue weighted by Gasteiger charge is -2.21. The van der Waals surface area contributed by atoms with Gasteiger partial charge in [0.05, 0.1) is 24.1 Å². The lowest BCUT2D eigenvalue weighted by atomic mass is 9.90. The highest BCUT2D eigenvalue weighted by atomic mass is 32.2. The summed E-state index contributed by atoms with van der Waals surface area (Å²) in [7, 11) is -3.19. The van der Waals surface area contributed by atoms with Crippen molar-refractivity contribution in [2.45, 2.75) is 45.6 Å². The number of nitrogens with two attached hydrogens (primary N) is 3. The van der Waals surface area contributed by atoms with E-state index < -0.39 is 10.0 Å². The summed E-state index contributed by atoms with van der Waals surface area (Å²) in [5.41, 5.74) is 19.1. The van der Waals surface area contributed by atoms with Gasteiger partial charge in [0.25, 0.3) is 0 Å². The molecule has 2 aromatic rings. The molecule has 0 fully saturated rings. The minimum atomic E-state index is -3.19. The summed E-state index contributed by atoms with van der Waals surface area (Å²) < 4.78 is 25.1. The van der Waals surface area contributed by atoms with Gasteiger partial charge in [-0.05, 0) is 42.0 Å². The van der Waals surface area contributed by atoms with Crippen LogP contribution < -0.4 is 21.5 Å². The van der Waals surface area contributed by atoms with Gasteiger partial charge in [0.1, 0.15) is 17.2 Å². The number of benzene rings is 2. The number of unbranched alkanes of at least 4 members (excludes halogenated alkanes) is 1. The molecular formula is C26H37N6O2S+. The zero-order valence-electron chi connectivity index (χ0n) is 20.6. The fraction of sp³-hybridized carbons (Fsp3) is 0.385. The average molecular weight is 498 g/mol. The Morgan fingerprint density at radius 1 is 1.09 bits per heavy atom. The molecule has 1 heterocycles. The SMILES string of the molecule is CCCC[NH2+]/C(Cc1ccc(CN)cc1)=C1\C(=N)C(N)=Nc2cc(CCCNS(C)(=O)=O)ccc21. The number of aliphatic imine (C=N–C) groups is 1. The smallest absolute Gasteiger partial charge is 0.208 e. The van der Waals surface area contributed by atoms with E-state index in [-0.39, 0.29) is 11.5 Å². The number of nitrogens with one attached hydrogen (secondary N) is 2. The van der Waals surface area contributed by atoms with Gasteiger partial charge in [0.15, 0.2) is 0 Å². The van der Waals surface area contributed by atoms with E-state index in [9.17, 15) is 8.42 Å². The molecule has 8 N–H and O–H groups in total. The number of amidine groups is 1. The van der Waals surface area contributed by atoms with Crippen LogP contribution in [0.4, 0.5) is 5.69 Å². The summed E-state index contributed by atoms with van der Waals surface area (Å²) in [4.78, 5) is 4.51. The van der Waals surface area contributed by atoms with Gasteiger partial charge in [-0.2, -0.15) is 0 Å². The van der Waals surface area contributed by atoms with Crippen LogP contribution in [0.1, 0.15) is 48.4 Å². The van der Waals surface area contributed by atoms with Gasteiger partial charge in [0.2, 0.25) is 10.0 Å². The third kappa shape index (κ3) is 7.57. The van der Waals surface area contributed by atoms with E-state index in [0.717, 1.165) is 64.9 Å². The molecule has 0 atom stereocenters. The Balaban J connectivity index is 1.93. The number of hydrogen-bond donors (Lipinski definition) is 5. The molecule has 2 aromatic carbocycles. The second kappa shape index (κ2) is 12.2. The van der Waals surface area contributed by atoms with Gasteiger partial charge in [-0.3, -0.25) is 5.41 Å². The first-order chi connectivity index (χ1) is 16.7. The lowest BCUT2D eigenvalue weighted by Crippen LogP contribution is -2.83. The molecule has 0 aliphatic carbocycles. The molecule has 3 rings (SSSR count). The van der Waals surface area contributed by atoms with Crippen molar-refractivity contribution >= 4 is 32.8 Å². The van der Waals surface area contributed by atoms with Gasteiger partial charge < -0.3 is 16.8 Å². The van der Waals surface area contributed by atoms with Crippen LogP contribution in [0, 0.1) is 5.41 Å². The summed E-state index contributed by atoms with van der Waals surface area (Å²) >= 11 is 0.